The van der Waals surface area contributed by atoms with Gasteiger partial charge in [-0.25, -0.2) is 4.79 Å². The van der Waals surface area contributed by atoms with E-state index in [1.807, 2.05) is 25.7 Å². The largest absolute Gasteiger partial charge is 0.444 e. The minimum Gasteiger partial charge on any atom is -0.444 e. The van der Waals surface area contributed by atoms with Gasteiger partial charge in [-0.2, -0.15) is 0 Å². The first kappa shape index (κ1) is 19.2. The summed E-state index contributed by atoms with van der Waals surface area (Å²) in [6.07, 6.45) is 2.96. The molecule has 1 aliphatic rings. The predicted molar refractivity (Wildman–Crippen MR) is 89.1 cm³/mol. The highest BCUT2D eigenvalue weighted by Crippen LogP contribution is 2.22. The van der Waals surface area contributed by atoms with Crippen molar-refractivity contribution in [3.63, 3.8) is 0 Å². The molecular weight excluding hydrogens is 280 g/mol. The summed E-state index contributed by atoms with van der Waals surface area (Å²) in [5.74, 6) is 0.441. The molecule has 0 bridgehead atoms. The van der Waals surface area contributed by atoms with E-state index in [9.17, 15) is 4.79 Å². The quantitative estimate of drug-likeness (QED) is 0.700. The number of nitrogens with zero attached hydrogens (tertiary/aromatic N) is 1. The van der Waals surface area contributed by atoms with Gasteiger partial charge in [0.05, 0.1) is 6.61 Å². The fourth-order valence-corrected chi connectivity index (χ4v) is 2.65. The molecule has 1 N–H and O–H groups in total. The maximum Gasteiger partial charge on any atom is 0.410 e. The Morgan fingerprint density at radius 2 is 2.05 bits per heavy atom. The van der Waals surface area contributed by atoms with Gasteiger partial charge in [0.15, 0.2) is 0 Å². The fourth-order valence-electron chi connectivity index (χ4n) is 2.65. The fraction of sp³-hybridized carbons (Fsp3) is 0.941. The highest BCUT2D eigenvalue weighted by molar-refractivity contribution is 5.68. The summed E-state index contributed by atoms with van der Waals surface area (Å²) in [6.45, 7) is 14.0. The number of carbonyl (C=O) groups is 1. The Labute approximate surface area is 135 Å². The van der Waals surface area contributed by atoms with Crippen LogP contribution >= 0.6 is 0 Å². The van der Waals surface area contributed by atoms with Crippen LogP contribution in [0.2, 0.25) is 0 Å². The first-order valence-electron chi connectivity index (χ1n) is 8.66. The molecule has 5 heteroatoms. The van der Waals surface area contributed by atoms with Crippen LogP contribution in [0.3, 0.4) is 0 Å². The molecule has 1 rings (SSSR count). The number of hydrogen-bond donors (Lipinski definition) is 1. The maximum atomic E-state index is 12.2. The Bertz CT molecular complexity index is 328. The van der Waals surface area contributed by atoms with Crippen LogP contribution in [0.5, 0.6) is 0 Å². The molecule has 1 amide bonds. The lowest BCUT2D eigenvalue weighted by molar-refractivity contribution is 0.0277. The van der Waals surface area contributed by atoms with Crippen molar-refractivity contribution in [3.05, 3.63) is 0 Å². The van der Waals surface area contributed by atoms with Crippen molar-refractivity contribution in [2.75, 3.05) is 32.8 Å². The smallest absolute Gasteiger partial charge is 0.410 e. The highest BCUT2D eigenvalue weighted by atomic mass is 16.6. The summed E-state index contributed by atoms with van der Waals surface area (Å²) in [5, 5.41) is 3.57. The molecule has 5 nitrogen and oxygen atoms in total. The Balaban J connectivity index is 2.49. The topological polar surface area (TPSA) is 50.8 Å². The number of nitrogens with one attached hydrogen (secondary N) is 1. The van der Waals surface area contributed by atoms with Crippen LogP contribution in [0.4, 0.5) is 4.79 Å². The molecule has 22 heavy (non-hydrogen) atoms. The second-order valence-corrected chi connectivity index (χ2v) is 7.11. The van der Waals surface area contributed by atoms with E-state index >= 15 is 0 Å². The lowest BCUT2D eigenvalue weighted by Crippen LogP contribution is -2.43. The predicted octanol–water partition coefficient (Wildman–Crippen LogP) is 3.04. The Morgan fingerprint density at radius 1 is 1.32 bits per heavy atom. The van der Waals surface area contributed by atoms with E-state index in [0.717, 1.165) is 52.1 Å². The van der Waals surface area contributed by atoms with Crippen molar-refractivity contribution in [3.8, 4) is 0 Å². The number of amides is 1. The van der Waals surface area contributed by atoms with E-state index in [4.69, 9.17) is 9.47 Å². The van der Waals surface area contributed by atoms with E-state index in [-0.39, 0.29) is 6.09 Å². The normalized spacial score (nSPS) is 20.2. The first-order chi connectivity index (χ1) is 10.4. The summed E-state index contributed by atoms with van der Waals surface area (Å²) in [4.78, 5) is 14.0. The van der Waals surface area contributed by atoms with Gasteiger partial charge in [0.1, 0.15) is 5.60 Å². The molecule has 1 aliphatic heterocycles. The summed E-state index contributed by atoms with van der Waals surface area (Å²) in [5.41, 5.74) is -0.431. The molecule has 0 spiro atoms. The van der Waals surface area contributed by atoms with Crippen LogP contribution in [-0.4, -0.2) is 55.5 Å². The molecule has 0 aromatic rings. The molecule has 1 saturated heterocycles. The molecule has 0 aromatic carbocycles. The van der Waals surface area contributed by atoms with E-state index < -0.39 is 5.60 Å². The van der Waals surface area contributed by atoms with Gasteiger partial charge in [0, 0.05) is 25.7 Å². The van der Waals surface area contributed by atoms with E-state index in [2.05, 4.69) is 19.2 Å². The van der Waals surface area contributed by atoms with Crippen molar-refractivity contribution in [2.24, 2.45) is 5.92 Å². The van der Waals surface area contributed by atoms with E-state index in [0.29, 0.717) is 12.0 Å². The van der Waals surface area contributed by atoms with Gasteiger partial charge >= 0.3 is 6.09 Å². The molecule has 1 fully saturated rings. The Hall–Kier alpha value is -0.810. The van der Waals surface area contributed by atoms with Crippen LogP contribution in [0, 0.1) is 5.92 Å². The highest BCUT2D eigenvalue weighted by Gasteiger charge is 2.33. The lowest BCUT2D eigenvalue weighted by Gasteiger charge is -2.27. The molecule has 0 radical (unpaired) electrons. The van der Waals surface area contributed by atoms with Crippen LogP contribution in [0.15, 0.2) is 0 Å². The second-order valence-electron chi connectivity index (χ2n) is 7.11. The SMILES string of the molecule is CCCNC(COCCC)C1CCN(C(=O)OC(C)(C)C)C1. The second kappa shape index (κ2) is 9.36. The standard InChI is InChI=1S/C17H34N2O3/c1-6-9-18-15(13-21-11-7-2)14-8-10-19(12-14)16(20)22-17(3,4)5/h14-15,18H,6-13H2,1-5H3. The number of ether oxygens (including phenoxy) is 2. The number of carbonyl (C=O) groups excluding carboxylic acids is 1. The zero-order chi connectivity index (χ0) is 16.6. The Kier molecular flexibility index (Phi) is 8.18. The monoisotopic (exact) mass is 314 g/mol. The van der Waals surface area contributed by atoms with Crippen molar-refractivity contribution in [1.29, 1.82) is 0 Å². The van der Waals surface area contributed by atoms with Crippen molar-refractivity contribution in [2.45, 2.75) is 65.5 Å². The third-order valence-corrected chi connectivity index (χ3v) is 3.75. The maximum absolute atomic E-state index is 12.2. The van der Waals surface area contributed by atoms with Gasteiger partial charge < -0.3 is 19.7 Å². The molecule has 0 aliphatic carbocycles. The molecular formula is C17H34N2O3. The van der Waals surface area contributed by atoms with E-state index in [1.54, 1.807) is 0 Å². The van der Waals surface area contributed by atoms with Crippen LogP contribution in [0.25, 0.3) is 0 Å². The molecule has 1 heterocycles. The van der Waals surface area contributed by atoms with Crippen LogP contribution in [-0.2, 0) is 9.47 Å². The number of likely N-dealkylation sites (tertiary alicyclic amines) is 1. The summed E-state index contributed by atoms with van der Waals surface area (Å²) in [6, 6.07) is 0.318. The minimum atomic E-state index is -0.431. The van der Waals surface area contributed by atoms with Crippen LogP contribution < -0.4 is 5.32 Å². The average Bonchev–Trinajstić information content (AvgIpc) is 2.90. The first-order valence-corrected chi connectivity index (χ1v) is 8.66. The molecule has 2 unspecified atom stereocenters. The molecule has 0 saturated carbocycles. The van der Waals surface area contributed by atoms with Gasteiger partial charge in [-0.3, -0.25) is 0 Å². The molecule has 130 valence electrons. The summed E-state index contributed by atoms with van der Waals surface area (Å²) in [7, 11) is 0. The van der Waals surface area contributed by atoms with Crippen molar-refractivity contribution in [1.82, 2.24) is 10.2 Å². The Morgan fingerprint density at radius 3 is 2.64 bits per heavy atom. The van der Waals surface area contributed by atoms with Crippen molar-refractivity contribution < 1.29 is 14.3 Å². The molecule has 0 aromatic heterocycles. The van der Waals surface area contributed by atoms with Gasteiger partial charge in [-0.05, 0) is 52.5 Å². The lowest BCUT2D eigenvalue weighted by atomic mass is 9.99. The summed E-state index contributed by atoms with van der Waals surface area (Å²) >= 11 is 0. The van der Waals surface area contributed by atoms with Crippen molar-refractivity contribution >= 4 is 6.09 Å². The zero-order valence-electron chi connectivity index (χ0n) is 15.0. The van der Waals surface area contributed by atoms with Gasteiger partial charge in [-0.15, -0.1) is 0 Å². The average molecular weight is 314 g/mol. The summed E-state index contributed by atoms with van der Waals surface area (Å²) < 4.78 is 11.2. The number of hydrogen-bond acceptors (Lipinski definition) is 4. The van der Waals surface area contributed by atoms with E-state index in [1.165, 1.54) is 0 Å². The van der Waals surface area contributed by atoms with Gasteiger partial charge in [0.25, 0.3) is 0 Å². The van der Waals surface area contributed by atoms with Gasteiger partial charge in [-0.1, -0.05) is 13.8 Å². The third kappa shape index (κ3) is 6.97. The van der Waals surface area contributed by atoms with Gasteiger partial charge in [0.2, 0.25) is 0 Å². The molecule has 2 atom stereocenters. The zero-order valence-corrected chi connectivity index (χ0v) is 15.0. The third-order valence-electron chi connectivity index (χ3n) is 3.75. The number of rotatable bonds is 8. The van der Waals surface area contributed by atoms with Crippen LogP contribution in [0.1, 0.15) is 53.9 Å². The minimum absolute atomic E-state index is 0.196.